The monoisotopic (exact) mass is 330 g/mol. The minimum atomic E-state index is -0.473. The smallest absolute Gasteiger partial charge is 0.164 e. The van der Waals surface area contributed by atoms with Gasteiger partial charge in [-0.3, -0.25) is 0 Å². The van der Waals surface area contributed by atoms with Crippen molar-refractivity contribution in [2.75, 3.05) is 39.5 Å². The van der Waals surface area contributed by atoms with Crippen molar-refractivity contribution in [3.05, 3.63) is 9.81 Å². The molecule has 0 radical (unpaired) electrons. The van der Waals surface area contributed by atoms with Crippen LogP contribution in [-0.4, -0.2) is 52.1 Å². The highest BCUT2D eigenvalue weighted by Crippen LogP contribution is 2.38. The first-order valence-corrected chi connectivity index (χ1v) is 7.79. The number of nitrogens with zero attached hydrogens (tertiary/aromatic N) is 2. The van der Waals surface area contributed by atoms with Gasteiger partial charge in [-0.15, -0.1) is 0 Å². The fraction of sp³-hybridized carbons (Fsp3) is 1.00. The Labute approximate surface area is 136 Å². The van der Waals surface area contributed by atoms with Crippen LogP contribution in [0.5, 0.6) is 0 Å². The topological polar surface area (TPSA) is 95.8 Å². The molecule has 0 aliphatic carbocycles. The number of nitroso groups, excluding NO2 is 2. The van der Waals surface area contributed by atoms with E-state index >= 15 is 0 Å². The summed E-state index contributed by atoms with van der Waals surface area (Å²) >= 11 is 0. The normalized spacial score (nSPS) is 32.7. The maximum absolute atomic E-state index is 10.5. The highest BCUT2D eigenvalue weighted by Gasteiger charge is 2.47. The second-order valence-corrected chi connectivity index (χ2v) is 7.96. The van der Waals surface area contributed by atoms with Crippen LogP contribution in [0.25, 0.3) is 0 Å². The van der Waals surface area contributed by atoms with Crippen molar-refractivity contribution < 1.29 is 18.9 Å². The van der Waals surface area contributed by atoms with Crippen molar-refractivity contribution in [1.29, 1.82) is 0 Å². The highest BCUT2D eigenvalue weighted by molar-refractivity contribution is 4.89. The van der Waals surface area contributed by atoms with Crippen molar-refractivity contribution in [1.82, 2.24) is 0 Å². The van der Waals surface area contributed by atoms with Crippen LogP contribution in [0.4, 0.5) is 0 Å². The summed E-state index contributed by atoms with van der Waals surface area (Å²) < 4.78 is 23.2. The third-order valence-electron chi connectivity index (χ3n) is 4.38. The molecule has 0 aromatic heterocycles. The summed E-state index contributed by atoms with van der Waals surface area (Å²) in [6.07, 6.45) is -0.946. The van der Waals surface area contributed by atoms with E-state index in [9.17, 15) is 9.81 Å². The second-order valence-electron chi connectivity index (χ2n) is 7.96. The molecular weight excluding hydrogens is 304 g/mol. The van der Waals surface area contributed by atoms with Gasteiger partial charge in [-0.25, -0.2) is 0 Å². The molecule has 2 fully saturated rings. The molecule has 2 rings (SSSR count). The van der Waals surface area contributed by atoms with E-state index in [-0.39, 0.29) is 18.5 Å². The molecule has 0 amide bonds. The van der Waals surface area contributed by atoms with E-state index in [1.54, 1.807) is 0 Å². The largest absolute Gasteiger partial charge is 0.351 e. The number of hydrogen-bond acceptors (Lipinski definition) is 8. The molecule has 8 nitrogen and oxygen atoms in total. The first-order valence-electron chi connectivity index (χ1n) is 7.79. The SMILES string of the molecule is CC(C)(CN=O)C1OCC2(CO1)COC(C(C)(C)CN=O)OC2. The lowest BCUT2D eigenvalue weighted by Crippen LogP contribution is -2.56. The van der Waals surface area contributed by atoms with E-state index in [4.69, 9.17) is 18.9 Å². The van der Waals surface area contributed by atoms with Crippen LogP contribution in [0.15, 0.2) is 10.4 Å². The van der Waals surface area contributed by atoms with Crippen molar-refractivity contribution in [3.8, 4) is 0 Å². The van der Waals surface area contributed by atoms with Gasteiger partial charge in [-0.2, -0.15) is 9.81 Å². The van der Waals surface area contributed by atoms with Crippen LogP contribution in [-0.2, 0) is 18.9 Å². The average molecular weight is 330 g/mol. The summed E-state index contributed by atoms with van der Waals surface area (Å²) in [6.45, 7) is 9.52. The standard InChI is InChI=1S/C15H26N2O6/c1-13(2,5-16-18)11-20-7-15(8-21-11)9-22-12(23-10-15)14(3,4)6-17-19/h11-12H,5-10H2,1-4H3. The van der Waals surface area contributed by atoms with Crippen LogP contribution in [0.2, 0.25) is 0 Å². The Bertz CT molecular complexity index is 380. The Balaban J connectivity index is 1.89. The van der Waals surface area contributed by atoms with Crippen molar-refractivity contribution in [2.45, 2.75) is 40.3 Å². The minimum Gasteiger partial charge on any atom is -0.351 e. The summed E-state index contributed by atoms with van der Waals surface area (Å²) in [4.78, 5) is 21.0. The van der Waals surface area contributed by atoms with Crippen molar-refractivity contribution in [3.63, 3.8) is 0 Å². The van der Waals surface area contributed by atoms with Gasteiger partial charge in [0.05, 0.1) is 44.9 Å². The third-order valence-corrected chi connectivity index (χ3v) is 4.38. The quantitative estimate of drug-likeness (QED) is 0.693. The van der Waals surface area contributed by atoms with Gasteiger partial charge < -0.3 is 18.9 Å². The molecule has 132 valence electrons. The van der Waals surface area contributed by atoms with Gasteiger partial charge in [0, 0.05) is 10.8 Å². The Morgan fingerprint density at radius 3 is 1.35 bits per heavy atom. The lowest BCUT2D eigenvalue weighted by Gasteiger charge is -2.48. The minimum absolute atomic E-state index is 0.132. The maximum atomic E-state index is 10.5. The van der Waals surface area contributed by atoms with Gasteiger partial charge >= 0.3 is 0 Å². The molecule has 0 saturated carbocycles. The fourth-order valence-electron chi connectivity index (χ4n) is 2.74. The van der Waals surface area contributed by atoms with E-state index in [0.29, 0.717) is 26.4 Å². The van der Waals surface area contributed by atoms with Crippen molar-refractivity contribution in [2.24, 2.45) is 26.6 Å². The number of ether oxygens (including phenoxy) is 4. The van der Waals surface area contributed by atoms with Gasteiger partial charge in [-0.05, 0) is 0 Å². The molecule has 1 spiro atoms. The first kappa shape index (κ1) is 18.4. The fourth-order valence-corrected chi connectivity index (χ4v) is 2.74. The van der Waals surface area contributed by atoms with E-state index in [1.807, 2.05) is 27.7 Å². The lowest BCUT2D eigenvalue weighted by atomic mass is 9.86. The van der Waals surface area contributed by atoms with Crippen LogP contribution in [0.1, 0.15) is 27.7 Å². The predicted molar refractivity (Wildman–Crippen MR) is 82.7 cm³/mol. The molecule has 2 saturated heterocycles. The van der Waals surface area contributed by atoms with Crippen LogP contribution in [0.3, 0.4) is 0 Å². The molecule has 0 atom stereocenters. The van der Waals surface area contributed by atoms with Gasteiger partial charge in [0.25, 0.3) is 0 Å². The van der Waals surface area contributed by atoms with E-state index < -0.39 is 23.4 Å². The second kappa shape index (κ2) is 6.88. The first-order chi connectivity index (χ1) is 10.7. The zero-order chi connectivity index (χ0) is 17.1. The van der Waals surface area contributed by atoms with Crippen molar-refractivity contribution >= 4 is 0 Å². The molecule has 0 bridgehead atoms. The molecule has 0 unspecified atom stereocenters. The molecular formula is C15H26N2O6. The Kier molecular flexibility index (Phi) is 5.50. The third kappa shape index (κ3) is 4.12. The van der Waals surface area contributed by atoms with Gasteiger partial charge in [0.2, 0.25) is 0 Å². The molecule has 2 aliphatic heterocycles. The van der Waals surface area contributed by atoms with E-state index in [2.05, 4.69) is 10.4 Å². The summed E-state index contributed by atoms with van der Waals surface area (Å²) in [5.41, 5.74) is -1.30. The molecule has 8 heteroatoms. The molecule has 0 aromatic carbocycles. The highest BCUT2D eigenvalue weighted by atomic mass is 16.7. The Hall–Kier alpha value is -0.960. The summed E-state index contributed by atoms with van der Waals surface area (Å²) in [5.74, 6) is 0. The average Bonchev–Trinajstić information content (AvgIpc) is 2.48. The van der Waals surface area contributed by atoms with Gasteiger partial charge in [-0.1, -0.05) is 38.0 Å². The summed E-state index contributed by atoms with van der Waals surface area (Å²) in [5, 5.41) is 5.89. The number of hydrogen-bond donors (Lipinski definition) is 0. The van der Waals surface area contributed by atoms with Gasteiger partial charge in [0.15, 0.2) is 12.6 Å². The van der Waals surface area contributed by atoms with E-state index in [1.165, 1.54) is 0 Å². The summed E-state index contributed by atoms with van der Waals surface area (Å²) in [7, 11) is 0. The molecule has 23 heavy (non-hydrogen) atoms. The molecule has 2 heterocycles. The molecule has 0 N–H and O–H groups in total. The van der Waals surface area contributed by atoms with E-state index in [0.717, 1.165) is 0 Å². The zero-order valence-electron chi connectivity index (χ0n) is 14.2. The maximum Gasteiger partial charge on any atom is 0.164 e. The lowest BCUT2D eigenvalue weighted by molar-refractivity contribution is -0.332. The number of rotatable bonds is 6. The van der Waals surface area contributed by atoms with Crippen LogP contribution in [0, 0.1) is 26.1 Å². The predicted octanol–water partition coefficient (Wildman–Crippen LogP) is 2.30. The van der Waals surface area contributed by atoms with Crippen LogP contribution >= 0.6 is 0 Å². The summed E-state index contributed by atoms with van der Waals surface area (Å²) in [6, 6.07) is 0. The molecule has 0 aromatic rings. The molecule has 2 aliphatic rings. The van der Waals surface area contributed by atoms with Crippen LogP contribution < -0.4 is 0 Å². The zero-order valence-corrected chi connectivity index (χ0v) is 14.2. The Morgan fingerprint density at radius 2 is 1.09 bits per heavy atom. The van der Waals surface area contributed by atoms with Gasteiger partial charge in [0.1, 0.15) is 0 Å². The Morgan fingerprint density at radius 1 is 0.783 bits per heavy atom.